The van der Waals surface area contributed by atoms with Crippen LogP contribution in [0.4, 0.5) is 5.82 Å². The van der Waals surface area contributed by atoms with Crippen LogP contribution in [0.3, 0.4) is 0 Å². The Kier molecular flexibility index (Phi) is 8.03. The summed E-state index contributed by atoms with van der Waals surface area (Å²) in [6.07, 6.45) is 2.31. The van der Waals surface area contributed by atoms with Crippen LogP contribution in [0.2, 0.25) is 0 Å². The van der Waals surface area contributed by atoms with Gasteiger partial charge in [0, 0.05) is 31.1 Å². The van der Waals surface area contributed by atoms with Crippen molar-refractivity contribution in [3.8, 4) is 28.5 Å². The summed E-state index contributed by atoms with van der Waals surface area (Å²) in [5.41, 5.74) is 2.78. The Labute approximate surface area is 206 Å². The van der Waals surface area contributed by atoms with Gasteiger partial charge in [-0.25, -0.2) is 0 Å². The lowest BCUT2D eigenvalue weighted by atomic mass is 9.96. The zero-order valence-electron chi connectivity index (χ0n) is 20.5. The first-order chi connectivity index (χ1) is 17.1. The molecule has 1 N–H and O–H groups in total. The molecule has 184 valence electrons. The number of nitrogens with zero attached hydrogens (tertiary/aromatic N) is 3. The standard InChI is InChI=1S/C27H32N4O4/c1-33-23-7-5-4-6-21(23)22-9-11-26(30-29-22)31-16-13-20(14-17-31)27(32)28-15-12-19-8-10-24(34-2)25(18-19)35-3/h4-11,18,20H,12-17H2,1-3H3,(H,28,32). The van der Waals surface area contributed by atoms with Gasteiger partial charge in [0.05, 0.1) is 27.0 Å². The summed E-state index contributed by atoms with van der Waals surface area (Å²) in [5.74, 6) is 3.12. The third-order valence-electron chi connectivity index (χ3n) is 6.38. The van der Waals surface area contributed by atoms with Crippen molar-refractivity contribution < 1.29 is 19.0 Å². The first-order valence-corrected chi connectivity index (χ1v) is 11.8. The first kappa shape index (κ1) is 24.3. The number of ether oxygens (including phenoxy) is 3. The number of rotatable bonds is 9. The Morgan fingerprint density at radius 2 is 1.66 bits per heavy atom. The van der Waals surface area contributed by atoms with Crippen molar-refractivity contribution in [2.24, 2.45) is 5.92 Å². The summed E-state index contributed by atoms with van der Waals surface area (Å²) in [6, 6.07) is 17.5. The predicted molar refractivity (Wildman–Crippen MR) is 135 cm³/mol. The number of piperidine rings is 1. The monoisotopic (exact) mass is 476 g/mol. The fourth-order valence-corrected chi connectivity index (χ4v) is 4.38. The fraction of sp³-hybridized carbons (Fsp3) is 0.370. The van der Waals surface area contributed by atoms with Gasteiger partial charge < -0.3 is 24.4 Å². The lowest BCUT2D eigenvalue weighted by molar-refractivity contribution is -0.125. The summed E-state index contributed by atoms with van der Waals surface area (Å²) >= 11 is 0. The van der Waals surface area contributed by atoms with Gasteiger partial charge in [-0.15, -0.1) is 10.2 Å². The van der Waals surface area contributed by atoms with Crippen LogP contribution in [-0.2, 0) is 11.2 Å². The number of methoxy groups -OCH3 is 3. The Balaban J connectivity index is 1.26. The second-order valence-corrected chi connectivity index (χ2v) is 8.47. The van der Waals surface area contributed by atoms with Gasteiger partial charge in [0.25, 0.3) is 0 Å². The van der Waals surface area contributed by atoms with E-state index in [1.54, 1.807) is 21.3 Å². The Hall–Kier alpha value is -3.81. The number of nitrogens with one attached hydrogen (secondary N) is 1. The molecule has 1 aliphatic rings. The lowest BCUT2D eigenvalue weighted by Crippen LogP contribution is -2.41. The predicted octanol–water partition coefficient (Wildman–Crippen LogP) is 3.74. The van der Waals surface area contributed by atoms with E-state index in [0.717, 1.165) is 60.7 Å². The SMILES string of the molecule is COc1ccc(CCNC(=O)C2CCN(c3ccc(-c4ccccc4OC)nn3)CC2)cc1OC. The van der Waals surface area contributed by atoms with Gasteiger partial charge in [-0.1, -0.05) is 18.2 Å². The van der Waals surface area contributed by atoms with E-state index >= 15 is 0 Å². The molecule has 35 heavy (non-hydrogen) atoms. The molecule has 0 saturated carbocycles. The molecule has 1 amide bonds. The second kappa shape index (κ2) is 11.6. The van der Waals surface area contributed by atoms with Crippen LogP contribution in [0.15, 0.2) is 54.6 Å². The molecule has 0 unspecified atom stereocenters. The number of hydrogen-bond acceptors (Lipinski definition) is 7. The summed E-state index contributed by atoms with van der Waals surface area (Å²) in [7, 11) is 4.89. The van der Waals surface area contributed by atoms with Crippen molar-refractivity contribution in [2.75, 3.05) is 45.9 Å². The maximum atomic E-state index is 12.7. The van der Waals surface area contributed by atoms with Gasteiger partial charge in [-0.2, -0.15) is 0 Å². The van der Waals surface area contributed by atoms with Crippen molar-refractivity contribution in [3.05, 3.63) is 60.2 Å². The topological polar surface area (TPSA) is 85.8 Å². The highest BCUT2D eigenvalue weighted by molar-refractivity contribution is 5.79. The van der Waals surface area contributed by atoms with Gasteiger partial charge in [-0.05, 0) is 61.2 Å². The van der Waals surface area contributed by atoms with Crippen LogP contribution < -0.4 is 24.4 Å². The van der Waals surface area contributed by atoms with Crippen LogP contribution in [0.5, 0.6) is 17.2 Å². The average molecular weight is 477 g/mol. The summed E-state index contributed by atoms with van der Waals surface area (Å²) in [4.78, 5) is 14.9. The van der Waals surface area contributed by atoms with Crippen LogP contribution in [0, 0.1) is 5.92 Å². The van der Waals surface area contributed by atoms with Crippen molar-refractivity contribution in [1.82, 2.24) is 15.5 Å². The zero-order valence-corrected chi connectivity index (χ0v) is 20.5. The van der Waals surface area contributed by atoms with E-state index in [0.29, 0.717) is 18.0 Å². The van der Waals surface area contributed by atoms with E-state index in [1.807, 2.05) is 54.6 Å². The highest BCUT2D eigenvalue weighted by Crippen LogP contribution is 2.29. The van der Waals surface area contributed by atoms with Crippen LogP contribution in [0.25, 0.3) is 11.3 Å². The van der Waals surface area contributed by atoms with Crippen molar-refractivity contribution in [3.63, 3.8) is 0 Å². The molecular formula is C27H32N4O4. The second-order valence-electron chi connectivity index (χ2n) is 8.47. The minimum absolute atomic E-state index is 0.0115. The lowest BCUT2D eigenvalue weighted by Gasteiger charge is -2.31. The zero-order chi connectivity index (χ0) is 24.6. The molecule has 0 aliphatic carbocycles. The van der Waals surface area contributed by atoms with Crippen LogP contribution >= 0.6 is 0 Å². The molecule has 0 atom stereocenters. The summed E-state index contributed by atoms with van der Waals surface area (Å²) in [6.45, 7) is 2.14. The van der Waals surface area contributed by atoms with Crippen molar-refractivity contribution in [1.29, 1.82) is 0 Å². The maximum Gasteiger partial charge on any atom is 0.223 e. The number of carbonyl (C=O) groups excluding carboxylic acids is 1. The molecule has 4 rings (SSSR count). The van der Waals surface area contributed by atoms with E-state index in [4.69, 9.17) is 14.2 Å². The number of anilines is 1. The Morgan fingerprint density at radius 1 is 0.914 bits per heavy atom. The molecule has 0 spiro atoms. The molecule has 1 fully saturated rings. The van der Waals surface area contributed by atoms with Crippen molar-refractivity contribution in [2.45, 2.75) is 19.3 Å². The molecule has 8 nitrogen and oxygen atoms in total. The molecular weight excluding hydrogens is 444 g/mol. The summed E-state index contributed by atoms with van der Waals surface area (Å²) < 4.78 is 16.1. The third-order valence-corrected chi connectivity index (χ3v) is 6.38. The van der Waals surface area contributed by atoms with E-state index in [9.17, 15) is 4.79 Å². The smallest absolute Gasteiger partial charge is 0.223 e. The molecule has 1 aromatic heterocycles. The van der Waals surface area contributed by atoms with Gasteiger partial charge in [0.2, 0.25) is 5.91 Å². The van der Waals surface area contributed by atoms with Crippen LogP contribution in [0.1, 0.15) is 18.4 Å². The molecule has 2 heterocycles. The van der Waals surface area contributed by atoms with E-state index in [1.165, 1.54) is 0 Å². The summed E-state index contributed by atoms with van der Waals surface area (Å²) in [5, 5.41) is 11.9. The van der Waals surface area contributed by atoms with E-state index in [-0.39, 0.29) is 11.8 Å². The third kappa shape index (κ3) is 5.82. The number of hydrogen-bond donors (Lipinski definition) is 1. The molecule has 1 aliphatic heterocycles. The molecule has 3 aromatic rings. The van der Waals surface area contributed by atoms with Gasteiger partial charge in [0.15, 0.2) is 17.3 Å². The maximum absolute atomic E-state index is 12.7. The number of carbonyl (C=O) groups is 1. The molecule has 1 saturated heterocycles. The van der Waals surface area contributed by atoms with Gasteiger partial charge in [-0.3, -0.25) is 4.79 Å². The number of aromatic nitrogens is 2. The molecule has 0 bridgehead atoms. The minimum Gasteiger partial charge on any atom is -0.496 e. The van der Waals surface area contributed by atoms with E-state index < -0.39 is 0 Å². The number of amides is 1. The fourth-order valence-electron chi connectivity index (χ4n) is 4.38. The van der Waals surface area contributed by atoms with Gasteiger partial charge >= 0.3 is 0 Å². The highest BCUT2D eigenvalue weighted by atomic mass is 16.5. The Morgan fingerprint density at radius 3 is 2.34 bits per heavy atom. The molecule has 8 heteroatoms. The first-order valence-electron chi connectivity index (χ1n) is 11.8. The largest absolute Gasteiger partial charge is 0.496 e. The number of benzene rings is 2. The highest BCUT2D eigenvalue weighted by Gasteiger charge is 2.25. The van der Waals surface area contributed by atoms with Gasteiger partial charge in [0.1, 0.15) is 5.75 Å². The number of para-hydroxylation sites is 1. The van der Waals surface area contributed by atoms with E-state index in [2.05, 4.69) is 20.4 Å². The normalized spacial score (nSPS) is 13.9. The van der Waals surface area contributed by atoms with Crippen LogP contribution in [-0.4, -0.2) is 57.1 Å². The van der Waals surface area contributed by atoms with Crippen molar-refractivity contribution >= 4 is 11.7 Å². The molecule has 0 radical (unpaired) electrons. The minimum atomic E-state index is 0.0115. The average Bonchev–Trinajstić information content (AvgIpc) is 2.93. The molecule has 2 aromatic carbocycles. The Bertz CT molecular complexity index is 1130. The quantitative estimate of drug-likeness (QED) is 0.503.